The zero-order valence-corrected chi connectivity index (χ0v) is 21.9. The van der Waals surface area contributed by atoms with Gasteiger partial charge in [0.25, 0.3) is 11.8 Å². The number of halogens is 1. The summed E-state index contributed by atoms with van der Waals surface area (Å²) >= 11 is 7.40. The Kier molecular flexibility index (Phi) is 7.45. The zero-order chi connectivity index (χ0) is 25.8. The molecule has 4 nitrogen and oxygen atoms in total. The monoisotopic (exact) mass is 524 g/mol. The Hall–Kier alpha value is -3.80. The Labute approximate surface area is 226 Å². The molecule has 5 rings (SSSR count). The normalized spacial score (nSPS) is 13.9. The molecule has 0 saturated carbocycles. The van der Waals surface area contributed by atoms with Crippen LogP contribution in [0.15, 0.2) is 107 Å². The van der Waals surface area contributed by atoms with Crippen molar-refractivity contribution in [1.82, 2.24) is 5.32 Å². The molecule has 0 saturated heterocycles. The molecule has 37 heavy (non-hydrogen) atoms. The molecule has 0 spiro atoms. The topological polar surface area (TPSA) is 49.4 Å². The molecule has 0 aliphatic carbocycles. The summed E-state index contributed by atoms with van der Waals surface area (Å²) in [6.45, 7) is 2.99. The maximum atomic E-state index is 13.6. The van der Waals surface area contributed by atoms with E-state index >= 15 is 0 Å². The van der Waals surface area contributed by atoms with Gasteiger partial charge < -0.3 is 10.2 Å². The van der Waals surface area contributed by atoms with E-state index in [1.807, 2.05) is 71.6 Å². The highest BCUT2D eigenvalue weighted by Crippen LogP contribution is 2.42. The van der Waals surface area contributed by atoms with Crippen molar-refractivity contribution in [3.05, 3.63) is 135 Å². The fraction of sp³-hybridized carbons (Fsp3) is 0.0968. The van der Waals surface area contributed by atoms with Crippen molar-refractivity contribution >= 4 is 46.9 Å². The molecule has 0 aromatic heterocycles. The molecule has 0 bridgehead atoms. The predicted octanol–water partition coefficient (Wildman–Crippen LogP) is 7.26. The summed E-state index contributed by atoms with van der Waals surface area (Å²) in [6, 6.07) is 30.8. The zero-order valence-electron chi connectivity index (χ0n) is 20.3. The number of carbonyl (C=O) groups is 2. The molecule has 0 radical (unpaired) electrons. The highest BCUT2D eigenvalue weighted by molar-refractivity contribution is 8.04. The molecule has 184 valence electrons. The first-order valence-corrected chi connectivity index (χ1v) is 13.1. The van der Waals surface area contributed by atoms with Crippen LogP contribution in [0.1, 0.15) is 32.6 Å². The van der Waals surface area contributed by atoms with Crippen molar-refractivity contribution in [2.24, 2.45) is 0 Å². The van der Waals surface area contributed by atoms with Gasteiger partial charge in [0, 0.05) is 22.0 Å². The average molecular weight is 525 g/mol. The minimum atomic E-state index is -0.157. The lowest BCUT2D eigenvalue weighted by atomic mass is 10.1. The van der Waals surface area contributed by atoms with E-state index in [-0.39, 0.29) is 11.8 Å². The predicted molar refractivity (Wildman–Crippen MR) is 152 cm³/mol. The Bertz CT molecular complexity index is 1480. The Morgan fingerprint density at radius 3 is 2.38 bits per heavy atom. The standard InChI is InChI=1S/C31H25ClN2O2S/c1-21-6-2-3-7-25(21)20-34-27-8-4-5-9-28(27)37-29(31(34)36)18-22-10-14-24(15-11-22)30(35)33-19-23-12-16-26(32)17-13-23/h2-18H,19-20H2,1H3,(H,33,35)/b29-18+. The van der Waals surface area contributed by atoms with Gasteiger partial charge in [0.2, 0.25) is 0 Å². The van der Waals surface area contributed by atoms with Crippen molar-refractivity contribution < 1.29 is 9.59 Å². The van der Waals surface area contributed by atoms with Gasteiger partial charge in [-0.25, -0.2) is 0 Å². The van der Waals surface area contributed by atoms with Crippen LogP contribution in [0.3, 0.4) is 0 Å². The summed E-state index contributed by atoms with van der Waals surface area (Å²) in [5.74, 6) is -0.188. The van der Waals surface area contributed by atoms with E-state index in [1.165, 1.54) is 11.8 Å². The number of hydrogen-bond acceptors (Lipinski definition) is 3. The third-order valence-electron chi connectivity index (χ3n) is 6.26. The molecule has 0 atom stereocenters. The summed E-state index contributed by atoms with van der Waals surface area (Å²) in [4.78, 5) is 29.7. The van der Waals surface area contributed by atoms with E-state index in [1.54, 1.807) is 24.3 Å². The first-order valence-electron chi connectivity index (χ1n) is 12.0. The number of anilines is 1. The van der Waals surface area contributed by atoms with Crippen molar-refractivity contribution in [3.8, 4) is 0 Å². The van der Waals surface area contributed by atoms with E-state index in [0.717, 1.165) is 32.8 Å². The van der Waals surface area contributed by atoms with Gasteiger partial charge in [-0.1, -0.05) is 84.0 Å². The van der Waals surface area contributed by atoms with Crippen LogP contribution in [-0.2, 0) is 17.9 Å². The fourth-order valence-corrected chi connectivity index (χ4v) is 5.33. The number of para-hydroxylation sites is 1. The Balaban J connectivity index is 1.33. The number of amides is 2. The van der Waals surface area contributed by atoms with E-state index in [9.17, 15) is 9.59 Å². The lowest BCUT2D eigenvalue weighted by molar-refractivity contribution is -0.114. The van der Waals surface area contributed by atoms with E-state index in [4.69, 9.17) is 11.6 Å². The molecular formula is C31H25ClN2O2S. The minimum Gasteiger partial charge on any atom is -0.348 e. The maximum absolute atomic E-state index is 13.6. The fourth-order valence-electron chi connectivity index (χ4n) is 4.15. The third kappa shape index (κ3) is 5.79. The molecule has 0 unspecified atom stereocenters. The van der Waals surface area contributed by atoms with Gasteiger partial charge in [-0.3, -0.25) is 9.59 Å². The van der Waals surface area contributed by atoms with Gasteiger partial charge in [0.05, 0.1) is 17.1 Å². The van der Waals surface area contributed by atoms with Crippen LogP contribution in [-0.4, -0.2) is 11.8 Å². The van der Waals surface area contributed by atoms with E-state index < -0.39 is 0 Å². The number of nitrogens with zero attached hydrogens (tertiary/aromatic N) is 1. The summed E-state index contributed by atoms with van der Waals surface area (Å²) in [6.07, 6.45) is 1.89. The molecular weight excluding hydrogens is 500 g/mol. The number of rotatable bonds is 6. The summed E-state index contributed by atoms with van der Waals surface area (Å²) in [5.41, 5.74) is 5.59. The van der Waals surface area contributed by atoms with Gasteiger partial charge in [0.1, 0.15) is 0 Å². The molecule has 1 N–H and O–H groups in total. The van der Waals surface area contributed by atoms with Gasteiger partial charge in [-0.15, -0.1) is 0 Å². The van der Waals surface area contributed by atoms with E-state index in [0.29, 0.717) is 28.6 Å². The number of thioether (sulfide) groups is 1. The summed E-state index contributed by atoms with van der Waals surface area (Å²) < 4.78 is 0. The highest BCUT2D eigenvalue weighted by atomic mass is 35.5. The summed E-state index contributed by atoms with van der Waals surface area (Å²) in [5, 5.41) is 3.59. The molecule has 4 aromatic rings. The van der Waals surface area contributed by atoms with E-state index in [2.05, 4.69) is 24.4 Å². The maximum Gasteiger partial charge on any atom is 0.265 e. The number of aryl methyl sites for hydroxylation is 1. The minimum absolute atomic E-state index is 0.0308. The molecule has 0 fully saturated rings. The van der Waals surface area contributed by atoms with Gasteiger partial charge >= 0.3 is 0 Å². The highest BCUT2D eigenvalue weighted by Gasteiger charge is 2.29. The lowest BCUT2D eigenvalue weighted by Gasteiger charge is -2.31. The largest absolute Gasteiger partial charge is 0.348 e. The van der Waals surface area contributed by atoms with Crippen LogP contribution in [0.4, 0.5) is 5.69 Å². The van der Waals surface area contributed by atoms with Crippen LogP contribution in [0.25, 0.3) is 6.08 Å². The summed E-state index contributed by atoms with van der Waals surface area (Å²) in [7, 11) is 0. The SMILES string of the molecule is Cc1ccccc1CN1C(=O)/C(=C\c2ccc(C(=O)NCc3ccc(Cl)cc3)cc2)Sc2ccccc21. The molecule has 4 aromatic carbocycles. The third-order valence-corrected chi connectivity index (χ3v) is 7.59. The number of nitrogens with one attached hydrogen (secondary N) is 1. The number of benzene rings is 4. The van der Waals surface area contributed by atoms with Gasteiger partial charge in [-0.05, 0) is 71.7 Å². The van der Waals surface area contributed by atoms with Crippen LogP contribution in [0, 0.1) is 6.92 Å². The van der Waals surface area contributed by atoms with Gasteiger partial charge in [0.15, 0.2) is 0 Å². The molecule has 1 aliphatic heterocycles. The number of hydrogen-bond donors (Lipinski definition) is 1. The quantitative estimate of drug-likeness (QED) is 0.270. The molecule has 2 amide bonds. The van der Waals surface area contributed by atoms with Crippen LogP contribution >= 0.6 is 23.4 Å². The number of carbonyl (C=O) groups excluding carboxylic acids is 2. The lowest BCUT2D eigenvalue weighted by Crippen LogP contribution is -2.33. The van der Waals surface area contributed by atoms with Crippen LogP contribution in [0.2, 0.25) is 5.02 Å². The van der Waals surface area contributed by atoms with Crippen molar-refractivity contribution in [2.75, 3.05) is 4.90 Å². The molecule has 1 aliphatic rings. The van der Waals surface area contributed by atoms with Crippen molar-refractivity contribution in [3.63, 3.8) is 0 Å². The first-order chi connectivity index (χ1) is 18.0. The van der Waals surface area contributed by atoms with Crippen molar-refractivity contribution in [1.29, 1.82) is 0 Å². The smallest absolute Gasteiger partial charge is 0.265 e. The van der Waals surface area contributed by atoms with Crippen molar-refractivity contribution in [2.45, 2.75) is 24.9 Å². The van der Waals surface area contributed by atoms with Crippen LogP contribution < -0.4 is 10.2 Å². The second-order valence-corrected chi connectivity index (χ2v) is 10.3. The molecule has 6 heteroatoms. The Morgan fingerprint density at radius 2 is 1.62 bits per heavy atom. The average Bonchev–Trinajstić information content (AvgIpc) is 2.92. The number of fused-ring (bicyclic) bond motifs is 1. The van der Waals surface area contributed by atoms with Crippen LogP contribution in [0.5, 0.6) is 0 Å². The molecule has 1 heterocycles. The second-order valence-electron chi connectivity index (χ2n) is 8.83. The van der Waals surface area contributed by atoms with Gasteiger partial charge in [-0.2, -0.15) is 0 Å². The second kappa shape index (κ2) is 11.1. The first kappa shape index (κ1) is 24.9. The Morgan fingerprint density at radius 1 is 0.919 bits per heavy atom.